The molecular weight excluding hydrogens is 240 g/mol. The third-order valence-electron chi connectivity index (χ3n) is 5.27. The Kier molecular flexibility index (Phi) is 4.51. The van der Waals surface area contributed by atoms with Gasteiger partial charge in [0, 0.05) is 6.54 Å². The molecule has 2 rings (SSSR count). The Morgan fingerprint density at radius 2 is 1.79 bits per heavy atom. The molecule has 0 aromatic carbocycles. The molecule has 1 atom stereocenters. The second-order valence-electron chi connectivity index (χ2n) is 6.87. The Balaban J connectivity index is 1.76. The molecule has 19 heavy (non-hydrogen) atoms. The van der Waals surface area contributed by atoms with Gasteiger partial charge in [0.15, 0.2) is 0 Å². The van der Waals surface area contributed by atoms with Crippen LogP contribution in [0, 0.1) is 5.41 Å². The molecular formula is C15H28N2O2. The third kappa shape index (κ3) is 3.69. The van der Waals surface area contributed by atoms with Crippen LogP contribution in [0.1, 0.15) is 58.3 Å². The van der Waals surface area contributed by atoms with Crippen molar-refractivity contribution in [2.45, 2.75) is 63.8 Å². The molecule has 1 saturated carbocycles. The molecule has 2 aliphatic rings. The second kappa shape index (κ2) is 5.80. The van der Waals surface area contributed by atoms with Crippen molar-refractivity contribution in [1.82, 2.24) is 4.90 Å². The maximum absolute atomic E-state index is 11.0. The Morgan fingerprint density at radius 3 is 2.32 bits per heavy atom. The molecule has 2 fully saturated rings. The topological polar surface area (TPSA) is 66.6 Å². The molecule has 110 valence electrons. The predicted octanol–water partition coefficient (Wildman–Crippen LogP) is 2.22. The minimum atomic E-state index is -1.08. The van der Waals surface area contributed by atoms with Gasteiger partial charge in [0.25, 0.3) is 0 Å². The van der Waals surface area contributed by atoms with Gasteiger partial charge in [0.05, 0.1) is 0 Å². The summed E-state index contributed by atoms with van der Waals surface area (Å²) < 4.78 is 0. The monoisotopic (exact) mass is 268 g/mol. The van der Waals surface area contributed by atoms with Crippen molar-refractivity contribution in [2.75, 3.05) is 19.6 Å². The Hall–Kier alpha value is -0.610. The van der Waals surface area contributed by atoms with E-state index in [1.165, 1.54) is 44.9 Å². The summed E-state index contributed by atoms with van der Waals surface area (Å²) in [6.45, 7) is 4.67. The summed E-state index contributed by atoms with van der Waals surface area (Å²) in [4.78, 5) is 13.4. The van der Waals surface area contributed by atoms with E-state index in [1.54, 1.807) is 6.92 Å². The van der Waals surface area contributed by atoms with Gasteiger partial charge in [0.2, 0.25) is 0 Å². The molecule has 0 radical (unpaired) electrons. The highest BCUT2D eigenvalue weighted by Gasteiger charge is 2.36. The number of aliphatic carboxylic acids is 1. The first-order valence-electron chi connectivity index (χ1n) is 7.68. The fourth-order valence-corrected chi connectivity index (χ4v) is 3.55. The smallest absolute Gasteiger partial charge is 0.323 e. The van der Waals surface area contributed by atoms with Gasteiger partial charge in [-0.25, -0.2) is 0 Å². The molecule has 4 heteroatoms. The van der Waals surface area contributed by atoms with Crippen molar-refractivity contribution in [2.24, 2.45) is 11.1 Å². The summed E-state index contributed by atoms with van der Waals surface area (Å²) >= 11 is 0. The van der Waals surface area contributed by atoms with Crippen LogP contribution in [0.15, 0.2) is 0 Å². The van der Waals surface area contributed by atoms with Crippen LogP contribution < -0.4 is 5.73 Å². The van der Waals surface area contributed by atoms with Crippen LogP contribution in [0.2, 0.25) is 0 Å². The summed E-state index contributed by atoms with van der Waals surface area (Å²) in [5.74, 6) is -0.895. The molecule has 1 heterocycles. The van der Waals surface area contributed by atoms with E-state index < -0.39 is 11.5 Å². The predicted molar refractivity (Wildman–Crippen MR) is 76.0 cm³/mol. The maximum Gasteiger partial charge on any atom is 0.323 e. The zero-order valence-electron chi connectivity index (χ0n) is 12.2. The molecule has 1 spiro atoms. The van der Waals surface area contributed by atoms with E-state index >= 15 is 0 Å². The number of nitrogens with two attached hydrogens (primary N) is 1. The van der Waals surface area contributed by atoms with E-state index in [-0.39, 0.29) is 0 Å². The van der Waals surface area contributed by atoms with Crippen LogP contribution in [0.25, 0.3) is 0 Å². The normalized spacial score (nSPS) is 27.1. The van der Waals surface area contributed by atoms with Crippen LogP contribution in [-0.4, -0.2) is 41.1 Å². The highest BCUT2D eigenvalue weighted by Crippen LogP contribution is 2.44. The van der Waals surface area contributed by atoms with Crippen molar-refractivity contribution in [3.63, 3.8) is 0 Å². The van der Waals surface area contributed by atoms with Crippen LogP contribution >= 0.6 is 0 Å². The molecule has 3 N–H and O–H groups in total. The fraction of sp³-hybridized carbons (Fsp3) is 0.933. The van der Waals surface area contributed by atoms with Crippen molar-refractivity contribution in [1.29, 1.82) is 0 Å². The molecule has 1 saturated heterocycles. The van der Waals surface area contributed by atoms with E-state index in [9.17, 15) is 4.79 Å². The minimum Gasteiger partial charge on any atom is -0.480 e. The van der Waals surface area contributed by atoms with Gasteiger partial charge in [-0.15, -0.1) is 0 Å². The van der Waals surface area contributed by atoms with Gasteiger partial charge in [-0.2, -0.15) is 0 Å². The van der Waals surface area contributed by atoms with E-state index in [4.69, 9.17) is 10.8 Å². The molecule has 0 amide bonds. The van der Waals surface area contributed by atoms with Crippen LogP contribution in [-0.2, 0) is 4.79 Å². The van der Waals surface area contributed by atoms with Crippen molar-refractivity contribution in [3.8, 4) is 0 Å². The van der Waals surface area contributed by atoms with Crippen LogP contribution in [0.4, 0.5) is 0 Å². The zero-order chi connectivity index (χ0) is 13.9. The zero-order valence-corrected chi connectivity index (χ0v) is 12.2. The lowest BCUT2D eigenvalue weighted by Crippen LogP contribution is -2.49. The quantitative estimate of drug-likeness (QED) is 0.820. The molecule has 1 aliphatic carbocycles. The lowest BCUT2D eigenvalue weighted by molar-refractivity contribution is -0.143. The standard InChI is InChI=1S/C15H28N2O2/c1-14(16,13(18)19)7-10-17-11-8-15(9-12-17)5-3-2-4-6-15/h2-12,16H2,1H3,(H,18,19). The molecule has 0 aromatic heterocycles. The Bertz CT molecular complexity index is 312. The van der Waals surface area contributed by atoms with Gasteiger partial charge in [-0.1, -0.05) is 19.3 Å². The summed E-state index contributed by atoms with van der Waals surface area (Å²) in [6, 6.07) is 0. The number of nitrogens with zero attached hydrogens (tertiary/aromatic N) is 1. The molecule has 1 unspecified atom stereocenters. The first-order valence-corrected chi connectivity index (χ1v) is 7.68. The van der Waals surface area contributed by atoms with E-state index in [1.807, 2.05) is 0 Å². The minimum absolute atomic E-state index is 0.537. The number of carboxylic acid groups (broad SMARTS) is 1. The lowest BCUT2D eigenvalue weighted by Gasteiger charge is -2.44. The van der Waals surface area contributed by atoms with Crippen molar-refractivity contribution >= 4 is 5.97 Å². The van der Waals surface area contributed by atoms with Gasteiger partial charge < -0.3 is 15.7 Å². The number of likely N-dealkylation sites (tertiary alicyclic amines) is 1. The first-order chi connectivity index (χ1) is 8.94. The molecule has 0 bridgehead atoms. The van der Waals surface area contributed by atoms with Gasteiger partial charge in [-0.05, 0) is 57.5 Å². The number of hydrogen-bond donors (Lipinski definition) is 2. The average molecular weight is 268 g/mol. The number of hydrogen-bond acceptors (Lipinski definition) is 3. The van der Waals surface area contributed by atoms with Crippen molar-refractivity contribution in [3.05, 3.63) is 0 Å². The highest BCUT2D eigenvalue weighted by molar-refractivity contribution is 5.77. The summed E-state index contributed by atoms with van der Waals surface area (Å²) in [5, 5.41) is 9.03. The number of rotatable bonds is 4. The molecule has 0 aromatic rings. The summed E-state index contributed by atoms with van der Waals surface area (Å²) in [7, 11) is 0. The molecule has 1 aliphatic heterocycles. The number of piperidine rings is 1. The summed E-state index contributed by atoms with van der Waals surface area (Å²) in [5.41, 5.74) is 5.32. The maximum atomic E-state index is 11.0. The van der Waals surface area contributed by atoms with Gasteiger partial charge >= 0.3 is 5.97 Å². The molecule has 4 nitrogen and oxygen atoms in total. The van der Waals surface area contributed by atoms with E-state index in [2.05, 4.69) is 4.90 Å². The summed E-state index contributed by atoms with van der Waals surface area (Å²) in [6.07, 6.45) is 10.2. The largest absolute Gasteiger partial charge is 0.480 e. The van der Waals surface area contributed by atoms with E-state index in [0.29, 0.717) is 11.8 Å². The van der Waals surface area contributed by atoms with Gasteiger partial charge in [-0.3, -0.25) is 4.79 Å². The van der Waals surface area contributed by atoms with Crippen molar-refractivity contribution < 1.29 is 9.90 Å². The van der Waals surface area contributed by atoms with Gasteiger partial charge in [0.1, 0.15) is 5.54 Å². The first kappa shape index (κ1) is 14.8. The number of carboxylic acids is 1. The van der Waals surface area contributed by atoms with Crippen LogP contribution in [0.3, 0.4) is 0 Å². The average Bonchev–Trinajstić information content (AvgIpc) is 2.39. The Morgan fingerprint density at radius 1 is 1.21 bits per heavy atom. The Labute approximate surface area is 116 Å². The lowest BCUT2D eigenvalue weighted by atomic mass is 9.68. The third-order valence-corrected chi connectivity index (χ3v) is 5.27. The number of carbonyl (C=O) groups is 1. The SMILES string of the molecule is CC(N)(CCN1CCC2(CCCCC2)CC1)C(=O)O. The fourth-order valence-electron chi connectivity index (χ4n) is 3.55. The van der Waals surface area contributed by atoms with E-state index in [0.717, 1.165) is 19.6 Å². The highest BCUT2D eigenvalue weighted by atomic mass is 16.4. The van der Waals surface area contributed by atoms with Crippen LogP contribution in [0.5, 0.6) is 0 Å². The second-order valence-corrected chi connectivity index (χ2v) is 6.87.